The zero-order chi connectivity index (χ0) is 16.4. The van der Waals surface area contributed by atoms with Crippen LogP contribution >= 0.6 is 0 Å². The van der Waals surface area contributed by atoms with Crippen molar-refractivity contribution in [2.45, 2.75) is 42.1 Å². The molecule has 7 heteroatoms. The number of hydrogen-bond acceptors (Lipinski definition) is 4. The number of aromatic nitrogens is 2. The summed E-state index contributed by atoms with van der Waals surface area (Å²) in [6.07, 6.45) is 8.97. The van der Waals surface area contributed by atoms with Gasteiger partial charge in [-0.05, 0) is 38.0 Å². The zero-order valence-corrected chi connectivity index (χ0v) is 13.9. The molecular formula is C16H19N3O3S. The lowest BCUT2D eigenvalue weighted by molar-refractivity contribution is 0.0724. The number of sulfone groups is 1. The number of amides is 1. The second-order valence-corrected chi connectivity index (χ2v) is 9.47. The van der Waals surface area contributed by atoms with Gasteiger partial charge in [0.1, 0.15) is 11.4 Å². The van der Waals surface area contributed by atoms with Gasteiger partial charge in [0.05, 0.1) is 10.00 Å². The Kier molecular flexibility index (Phi) is 2.95. The second-order valence-electron chi connectivity index (χ2n) is 6.85. The van der Waals surface area contributed by atoms with Gasteiger partial charge >= 0.3 is 0 Å². The molecule has 1 aromatic rings. The third-order valence-electron chi connectivity index (χ3n) is 5.26. The summed E-state index contributed by atoms with van der Waals surface area (Å²) in [7, 11) is -1.41. The van der Waals surface area contributed by atoms with Crippen molar-refractivity contribution in [2.24, 2.45) is 7.05 Å². The van der Waals surface area contributed by atoms with Gasteiger partial charge < -0.3 is 4.90 Å². The lowest BCUT2D eigenvalue weighted by Gasteiger charge is -2.30. The maximum atomic E-state index is 12.8. The van der Waals surface area contributed by atoms with Crippen LogP contribution in [0.4, 0.5) is 0 Å². The predicted octanol–water partition coefficient (Wildman–Crippen LogP) is 0.509. The van der Waals surface area contributed by atoms with E-state index in [1.54, 1.807) is 11.9 Å². The number of rotatable bonds is 4. The number of hydrogen-bond donors (Lipinski definition) is 0. The van der Waals surface area contributed by atoms with E-state index in [4.69, 9.17) is 6.42 Å². The second kappa shape index (κ2) is 4.60. The molecular weight excluding hydrogens is 314 g/mol. The normalized spacial score (nSPS) is 22.6. The fourth-order valence-electron chi connectivity index (χ4n) is 3.59. The minimum Gasteiger partial charge on any atom is -0.335 e. The average molecular weight is 333 g/mol. The molecule has 23 heavy (non-hydrogen) atoms. The first-order valence-corrected chi connectivity index (χ1v) is 9.49. The van der Waals surface area contributed by atoms with Crippen LogP contribution in [0.5, 0.6) is 0 Å². The van der Waals surface area contributed by atoms with Gasteiger partial charge in [-0.2, -0.15) is 5.10 Å². The van der Waals surface area contributed by atoms with Crippen molar-refractivity contribution in [1.82, 2.24) is 14.7 Å². The van der Waals surface area contributed by atoms with Gasteiger partial charge in [0.15, 0.2) is 9.84 Å². The van der Waals surface area contributed by atoms with Gasteiger partial charge in [0.25, 0.3) is 5.91 Å². The molecule has 1 amide bonds. The summed E-state index contributed by atoms with van der Waals surface area (Å²) in [4.78, 5) is 14.5. The number of terminal acetylenes is 1. The monoisotopic (exact) mass is 333 g/mol. The lowest BCUT2D eigenvalue weighted by Crippen LogP contribution is -2.46. The first-order valence-electron chi connectivity index (χ1n) is 7.95. The molecule has 0 saturated heterocycles. The maximum Gasteiger partial charge on any atom is 0.272 e. The highest BCUT2D eigenvalue weighted by atomic mass is 32.2. The van der Waals surface area contributed by atoms with Crippen LogP contribution in [0, 0.1) is 12.3 Å². The quantitative estimate of drug-likeness (QED) is 0.753. The van der Waals surface area contributed by atoms with Crippen molar-refractivity contribution in [3.63, 3.8) is 0 Å². The maximum absolute atomic E-state index is 12.8. The number of fused-ring (bicyclic) bond motifs is 1. The van der Waals surface area contributed by atoms with Crippen molar-refractivity contribution in [3.05, 3.63) is 17.0 Å². The summed E-state index contributed by atoms with van der Waals surface area (Å²) < 4.78 is 26.1. The summed E-state index contributed by atoms with van der Waals surface area (Å²) in [5.41, 5.74) is 1.83. The highest BCUT2D eigenvalue weighted by Crippen LogP contribution is 2.50. The van der Waals surface area contributed by atoms with E-state index >= 15 is 0 Å². The molecule has 2 fully saturated rings. The Hall–Kier alpha value is -1.81. The number of carbonyl (C=O) groups is 1. The van der Waals surface area contributed by atoms with Crippen molar-refractivity contribution >= 4 is 15.7 Å². The van der Waals surface area contributed by atoms with Crippen LogP contribution in [-0.4, -0.2) is 52.1 Å². The van der Waals surface area contributed by atoms with Gasteiger partial charge in [0.2, 0.25) is 0 Å². The molecule has 0 unspecified atom stereocenters. The van der Waals surface area contributed by atoms with E-state index in [1.807, 2.05) is 0 Å². The van der Waals surface area contributed by atoms with Gasteiger partial charge in [-0.25, -0.2) is 8.42 Å². The third-order valence-corrected chi connectivity index (χ3v) is 8.35. The van der Waals surface area contributed by atoms with Crippen LogP contribution in [-0.2, 0) is 23.3 Å². The highest BCUT2D eigenvalue weighted by molar-refractivity contribution is 7.94. The smallest absolute Gasteiger partial charge is 0.272 e. The molecule has 0 spiro atoms. The molecule has 1 aromatic heterocycles. The Morgan fingerprint density at radius 3 is 2.65 bits per heavy atom. The molecule has 4 rings (SSSR count). The summed E-state index contributed by atoms with van der Waals surface area (Å²) >= 11 is 0. The molecule has 0 atom stereocenters. The van der Waals surface area contributed by atoms with Crippen molar-refractivity contribution in [1.29, 1.82) is 0 Å². The van der Waals surface area contributed by atoms with E-state index in [0.29, 0.717) is 43.7 Å². The standard InChI is InChI=1S/C16H19N3O3S/c1-3-13-12-6-9-19(15(20)14(12)18(2)17-13)10-16(7-8-16)23(21,22)11-4-5-11/h1,11H,4-10H2,2H3. The van der Waals surface area contributed by atoms with Crippen molar-refractivity contribution in [3.8, 4) is 12.3 Å². The molecule has 0 bridgehead atoms. The number of carbonyl (C=O) groups excluding carboxylic acids is 1. The SMILES string of the molecule is C#Cc1nn(C)c2c1CCN(CC1(S(=O)(=O)C3CC3)CC1)C2=O. The van der Waals surface area contributed by atoms with E-state index in [9.17, 15) is 13.2 Å². The van der Waals surface area contributed by atoms with E-state index < -0.39 is 14.6 Å². The van der Waals surface area contributed by atoms with Crippen LogP contribution in [0.2, 0.25) is 0 Å². The van der Waals surface area contributed by atoms with Gasteiger partial charge in [-0.15, -0.1) is 6.42 Å². The first kappa shape index (κ1) is 14.8. The molecule has 1 aliphatic heterocycles. The summed E-state index contributed by atoms with van der Waals surface area (Å²) in [6.45, 7) is 0.814. The van der Waals surface area contributed by atoms with E-state index in [1.165, 1.54) is 4.68 Å². The summed E-state index contributed by atoms with van der Waals surface area (Å²) in [5.74, 6) is 2.37. The Labute approximate surface area is 135 Å². The number of nitrogens with zero attached hydrogens (tertiary/aromatic N) is 3. The fourth-order valence-corrected chi connectivity index (χ4v) is 6.06. The van der Waals surface area contributed by atoms with Gasteiger partial charge in [0, 0.05) is 25.7 Å². The molecule has 2 heterocycles. The lowest BCUT2D eigenvalue weighted by atomic mass is 10.0. The Morgan fingerprint density at radius 1 is 1.39 bits per heavy atom. The van der Waals surface area contributed by atoms with Gasteiger partial charge in [-0.3, -0.25) is 9.48 Å². The summed E-state index contributed by atoms with van der Waals surface area (Å²) in [5, 5.41) is 4.03. The Morgan fingerprint density at radius 2 is 2.09 bits per heavy atom. The summed E-state index contributed by atoms with van der Waals surface area (Å²) in [6, 6.07) is 0. The van der Waals surface area contributed by atoms with Gasteiger partial charge in [-0.1, -0.05) is 0 Å². The minimum atomic E-state index is -3.11. The van der Waals surface area contributed by atoms with Crippen LogP contribution < -0.4 is 0 Å². The van der Waals surface area contributed by atoms with Crippen LogP contribution in [0.3, 0.4) is 0 Å². The molecule has 2 saturated carbocycles. The average Bonchev–Trinajstić information content (AvgIpc) is 3.40. The molecule has 3 aliphatic rings. The van der Waals surface area contributed by atoms with E-state index in [2.05, 4.69) is 11.0 Å². The van der Waals surface area contributed by atoms with Crippen LogP contribution in [0.15, 0.2) is 0 Å². The molecule has 0 aromatic carbocycles. The molecule has 0 N–H and O–H groups in total. The van der Waals surface area contributed by atoms with Crippen LogP contribution in [0.25, 0.3) is 0 Å². The highest BCUT2D eigenvalue weighted by Gasteiger charge is 2.60. The molecule has 122 valence electrons. The van der Waals surface area contributed by atoms with Crippen LogP contribution in [0.1, 0.15) is 47.4 Å². The van der Waals surface area contributed by atoms with Crippen molar-refractivity contribution < 1.29 is 13.2 Å². The Balaban J connectivity index is 1.61. The Bertz CT molecular complexity index is 839. The predicted molar refractivity (Wildman–Crippen MR) is 84.7 cm³/mol. The molecule has 2 aliphatic carbocycles. The van der Waals surface area contributed by atoms with E-state index in [0.717, 1.165) is 18.4 Å². The zero-order valence-electron chi connectivity index (χ0n) is 13.1. The first-order chi connectivity index (χ1) is 10.9. The topological polar surface area (TPSA) is 72.3 Å². The van der Waals surface area contributed by atoms with Crippen molar-refractivity contribution in [2.75, 3.05) is 13.1 Å². The number of aryl methyl sites for hydroxylation is 1. The minimum absolute atomic E-state index is 0.153. The molecule has 6 nitrogen and oxygen atoms in total. The third kappa shape index (κ3) is 2.04. The van der Waals surface area contributed by atoms with E-state index in [-0.39, 0.29) is 11.2 Å². The fraction of sp³-hybridized carbons (Fsp3) is 0.625. The largest absolute Gasteiger partial charge is 0.335 e. The molecule has 0 radical (unpaired) electrons.